The number of nitrogens with one attached hydrogen (secondary N) is 1. The van der Waals surface area contributed by atoms with Crippen LogP contribution in [-0.2, 0) is 5.67 Å². The van der Waals surface area contributed by atoms with Crippen LogP contribution in [0.4, 0.5) is 4.39 Å². The van der Waals surface area contributed by atoms with Gasteiger partial charge in [-0.1, -0.05) is 0 Å². The molecule has 1 fully saturated rings. The second-order valence-corrected chi connectivity index (χ2v) is 3.36. The van der Waals surface area contributed by atoms with Crippen LogP contribution in [0, 0.1) is 0 Å². The summed E-state index contributed by atoms with van der Waals surface area (Å²) in [7, 11) is 0. The Morgan fingerprint density at radius 2 is 2.40 bits per heavy atom. The van der Waals surface area contributed by atoms with Crippen molar-refractivity contribution < 1.29 is 4.39 Å². The van der Waals surface area contributed by atoms with Crippen LogP contribution in [-0.4, -0.2) is 13.1 Å². The van der Waals surface area contributed by atoms with E-state index in [1.807, 2.05) is 16.8 Å². The maximum absolute atomic E-state index is 13.4. The molecule has 0 radical (unpaired) electrons. The van der Waals surface area contributed by atoms with Crippen LogP contribution in [0.2, 0.25) is 0 Å². The van der Waals surface area contributed by atoms with Gasteiger partial charge in [-0.2, -0.15) is 11.3 Å². The third-order valence-electron chi connectivity index (χ3n) is 1.85. The molecule has 0 saturated carbocycles. The molecule has 54 valence electrons. The molecule has 0 spiro atoms. The van der Waals surface area contributed by atoms with Crippen molar-refractivity contribution in [3.8, 4) is 0 Å². The van der Waals surface area contributed by atoms with Crippen LogP contribution in [0.3, 0.4) is 0 Å². The minimum absolute atomic E-state index is 0.476. The molecule has 1 saturated heterocycles. The number of halogens is 1. The first-order valence-electron chi connectivity index (χ1n) is 3.24. The molecule has 1 aliphatic rings. The van der Waals surface area contributed by atoms with E-state index >= 15 is 0 Å². The van der Waals surface area contributed by atoms with Gasteiger partial charge in [0.25, 0.3) is 0 Å². The van der Waals surface area contributed by atoms with Crippen LogP contribution in [0.25, 0.3) is 0 Å². The predicted octanol–water partition coefficient (Wildman–Crippen LogP) is 1.52. The molecule has 0 aromatic carbocycles. The third kappa shape index (κ3) is 0.777. The topological polar surface area (TPSA) is 12.0 Å². The van der Waals surface area contributed by atoms with Crippen molar-refractivity contribution in [1.29, 1.82) is 0 Å². The average molecular weight is 157 g/mol. The Morgan fingerprint density at radius 3 is 2.80 bits per heavy atom. The Hall–Kier alpha value is -0.410. The Labute approximate surface area is 62.9 Å². The maximum atomic E-state index is 13.4. The van der Waals surface area contributed by atoms with Gasteiger partial charge in [-0.15, -0.1) is 0 Å². The van der Waals surface area contributed by atoms with Gasteiger partial charge in [0.2, 0.25) is 0 Å². The van der Waals surface area contributed by atoms with Gasteiger partial charge >= 0.3 is 0 Å². The van der Waals surface area contributed by atoms with Gasteiger partial charge in [-0.05, 0) is 16.8 Å². The van der Waals surface area contributed by atoms with Crippen molar-refractivity contribution in [1.82, 2.24) is 5.32 Å². The number of hydrogen-bond donors (Lipinski definition) is 1. The average Bonchev–Trinajstić information content (AvgIpc) is 2.33. The molecule has 10 heavy (non-hydrogen) atoms. The largest absolute Gasteiger partial charge is 0.310 e. The molecule has 0 bridgehead atoms. The van der Waals surface area contributed by atoms with Gasteiger partial charge in [0.1, 0.15) is 0 Å². The van der Waals surface area contributed by atoms with E-state index in [4.69, 9.17) is 0 Å². The third-order valence-corrected chi connectivity index (χ3v) is 2.53. The van der Waals surface area contributed by atoms with Crippen molar-refractivity contribution in [3.63, 3.8) is 0 Å². The normalized spacial score (nSPS) is 22.1. The minimum Gasteiger partial charge on any atom is -0.310 e. The van der Waals surface area contributed by atoms with Crippen molar-refractivity contribution in [3.05, 3.63) is 22.4 Å². The lowest BCUT2D eigenvalue weighted by Gasteiger charge is -2.34. The quantitative estimate of drug-likeness (QED) is 0.651. The Morgan fingerprint density at radius 1 is 1.60 bits per heavy atom. The zero-order valence-electron chi connectivity index (χ0n) is 5.43. The van der Waals surface area contributed by atoms with Gasteiger partial charge in [0.05, 0.1) is 0 Å². The lowest BCUT2D eigenvalue weighted by atomic mass is 9.93. The summed E-state index contributed by atoms with van der Waals surface area (Å²) in [4.78, 5) is 0. The molecule has 2 rings (SSSR count). The van der Waals surface area contributed by atoms with Gasteiger partial charge in [-0.25, -0.2) is 4.39 Å². The minimum atomic E-state index is -1.06. The van der Waals surface area contributed by atoms with Crippen LogP contribution in [0.1, 0.15) is 5.56 Å². The number of rotatable bonds is 1. The monoisotopic (exact) mass is 157 g/mol. The summed E-state index contributed by atoms with van der Waals surface area (Å²) < 4.78 is 13.4. The summed E-state index contributed by atoms with van der Waals surface area (Å²) in [5.41, 5.74) is -0.226. The smallest absolute Gasteiger partial charge is 0.161 e. The summed E-state index contributed by atoms with van der Waals surface area (Å²) in [6.07, 6.45) is 0. The van der Waals surface area contributed by atoms with E-state index in [-0.39, 0.29) is 0 Å². The van der Waals surface area contributed by atoms with E-state index in [1.54, 1.807) is 11.3 Å². The van der Waals surface area contributed by atoms with Crippen molar-refractivity contribution in [2.45, 2.75) is 5.67 Å². The SMILES string of the molecule is FC1(c2ccsc2)CNC1. The highest BCUT2D eigenvalue weighted by Crippen LogP contribution is 2.31. The molecule has 2 heterocycles. The fourth-order valence-corrected chi connectivity index (χ4v) is 1.81. The van der Waals surface area contributed by atoms with E-state index in [9.17, 15) is 4.39 Å². The van der Waals surface area contributed by atoms with Gasteiger partial charge < -0.3 is 5.32 Å². The highest BCUT2D eigenvalue weighted by Gasteiger charge is 2.38. The van der Waals surface area contributed by atoms with Gasteiger partial charge in [0.15, 0.2) is 5.67 Å². The molecule has 0 aliphatic carbocycles. The second kappa shape index (κ2) is 2.04. The van der Waals surface area contributed by atoms with E-state index in [0.717, 1.165) is 5.56 Å². The van der Waals surface area contributed by atoms with Gasteiger partial charge in [0, 0.05) is 18.7 Å². The second-order valence-electron chi connectivity index (χ2n) is 2.58. The molecule has 0 unspecified atom stereocenters. The van der Waals surface area contributed by atoms with Crippen molar-refractivity contribution in [2.24, 2.45) is 0 Å². The molecule has 0 atom stereocenters. The lowest BCUT2D eigenvalue weighted by Crippen LogP contribution is -2.53. The Kier molecular flexibility index (Phi) is 1.28. The van der Waals surface area contributed by atoms with E-state index in [0.29, 0.717) is 13.1 Å². The van der Waals surface area contributed by atoms with Crippen molar-refractivity contribution >= 4 is 11.3 Å². The number of alkyl halides is 1. The predicted molar refractivity (Wildman–Crippen MR) is 40.0 cm³/mol. The van der Waals surface area contributed by atoms with Gasteiger partial charge in [-0.3, -0.25) is 0 Å². The zero-order valence-corrected chi connectivity index (χ0v) is 6.25. The summed E-state index contributed by atoms with van der Waals surface area (Å²) in [5, 5.41) is 6.71. The van der Waals surface area contributed by atoms with Crippen LogP contribution in [0.15, 0.2) is 16.8 Å². The maximum Gasteiger partial charge on any atom is 0.161 e. The first-order valence-corrected chi connectivity index (χ1v) is 4.18. The van der Waals surface area contributed by atoms with E-state index in [1.165, 1.54) is 0 Å². The van der Waals surface area contributed by atoms with Crippen LogP contribution >= 0.6 is 11.3 Å². The lowest BCUT2D eigenvalue weighted by molar-refractivity contribution is 0.0897. The molecule has 1 aromatic rings. The highest BCUT2D eigenvalue weighted by molar-refractivity contribution is 7.08. The summed E-state index contributed by atoms with van der Waals surface area (Å²) >= 11 is 1.55. The number of thiophene rings is 1. The summed E-state index contributed by atoms with van der Waals surface area (Å²) in [6, 6.07) is 1.85. The Bertz CT molecular complexity index is 216. The molecule has 3 heteroatoms. The standard InChI is InChI=1S/C7H8FNS/c8-7(4-9-5-7)6-1-2-10-3-6/h1-3,9H,4-5H2. The molecular weight excluding hydrogens is 149 g/mol. The molecular formula is C7H8FNS. The Balaban J connectivity index is 2.27. The number of hydrogen-bond acceptors (Lipinski definition) is 2. The summed E-state index contributed by atoms with van der Waals surface area (Å²) in [5.74, 6) is 0. The fourth-order valence-electron chi connectivity index (χ4n) is 1.07. The zero-order chi connectivity index (χ0) is 7.03. The molecule has 1 nitrogen and oxygen atoms in total. The highest BCUT2D eigenvalue weighted by atomic mass is 32.1. The molecule has 1 aromatic heterocycles. The fraction of sp³-hybridized carbons (Fsp3) is 0.429. The summed E-state index contributed by atoms with van der Waals surface area (Å²) in [6.45, 7) is 0.952. The molecule has 0 amide bonds. The van der Waals surface area contributed by atoms with Crippen molar-refractivity contribution in [2.75, 3.05) is 13.1 Å². The van der Waals surface area contributed by atoms with Crippen LogP contribution < -0.4 is 5.32 Å². The van der Waals surface area contributed by atoms with E-state index < -0.39 is 5.67 Å². The molecule has 1 N–H and O–H groups in total. The molecule has 1 aliphatic heterocycles. The first-order chi connectivity index (χ1) is 4.81. The van der Waals surface area contributed by atoms with E-state index in [2.05, 4.69) is 5.32 Å². The first kappa shape index (κ1) is 6.31. The van der Waals surface area contributed by atoms with Crippen LogP contribution in [0.5, 0.6) is 0 Å².